The van der Waals surface area contributed by atoms with Gasteiger partial charge >= 0.3 is 6.01 Å². The second-order valence-corrected chi connectivity index (χ2v) is 7.67. The van der Waals surface area contributed by atoms with Gasteiger partial charge in [-0.25, -0.2) is 22.7 Å². The standard InChI is InChI=1S/C22H16F3N7O/c23-13-6-4-12(5-7-13)21-28-29-22(33-21)31-9-8-15-18(27-11-26-15)19(31)16-10-14-2-1-3-17(20(24)25)32(14)30-16/h1-7,10-11,19-20H,8-9H2,(H,26,27)/t19-/m1/s1. The number of nitrogens with zero attached hydrogens (tertiary/aromatic N) is 6. The van der Waals surface area contributed by atoms with Gasteiger partial charge in [0.2, 0.25) is 5.89 Å². The summed E-state index contributed by atoms with van der Waals surface area (Å²) in [4.78, 5) is 9.46. The molecular weight excluding hydrogens is 435 g/mol. The van der Waals surface area contributed by atoms with Crippen LogP contribution >= 0.6 is 0 Å². The Morgan fingerprint density at radius 1 is 1.09 bits per heavy atom. The predicted molar refractivity (Wildman–Crippen MR) is 111 cm³/mol. The topological polar surface area (TPSA) is 88.1 Å². The molecule has 5 aromatic rings. The normalized spacial score (nSPS) is 16.0. The number of aromatic nitrogens is 6. The van der Waals surface area contributed by atoms with E-state index in [0.29, 0.717) is 35.4 Å². The third-order valence-corrected chi connectivity index (χ3v) is 5.71. The largest absolute Gasteiger partial charge is 0.403 e. The molecule has 166 valence electrons. The number of benzene rings is 1. The maximum atomic E-state index is 13.5. The average molecular weight is 451 g/mol. The highest BCUT2D eigenvalue weighted by Gasteiger charge is 2.36. The summed E-state index contributed by atoms with van der Waals surface area (Å²) in [5.41, 5.74) is 3.10. The smallest absolute Gasteiger partial charge is 0.319 e. The molecule has 4 aromatic heterocycles. The van der Waals surface area contributed by atoms with Crippen molar-refractivity contribution in [1.29, 1.82) is 0 Å². The zero-order chi connectivity index (χ0) is 22.5. The second kappa shape index (κ2) is 7.47. The first-order valence-corrected chi connectivity index (χ1v) is 10.2. The first kappa shape index (κ1) is 19.5. The van der Waals surface area contributed by atoms with Crippen LogP contribution in [0.4, 0.5) is 19.2 Å². The molecule has 1 aromatic carbocycles. The first-order valence-electron chi connectivity index (χ1n) is 10.2. The van der Waals surface area contributed by atoms with Gasteiger partial charge in [-0.05, 0) is 42.5 Å². The summed E-state index contributed by atoms with van der Waals surface area (Å²) in [5.74, 6) is -0.123. The number of halogens is 3. The van der Waals surface area contributed by atoms with Gasteiger partial charge < -0.3 is 14.3 Å². The lowest BCUT2D eigenvalue weighted by atomic mass is 10.0. The molecule has 8 nitrogen and oxygen atoms in total. The van der Waals surface area contributed by atoms with Gasteiger partial charge in [0, 0.05) is 24.2 Å². The van der Waals surface area contributed by atoms with E-state index in [4.69, 9.17) is 4.42 Å². The summed E-state index contributed by atoms with van der Waals surface area (Å²) < 4.78 is 47.5. The SMILES string of the molecule is Fc1ccc(-c2nnc(N3CCc4[nH]cnc4[C@H]3c3cc4cccc(C(F)F)n4n3)o2)cc1. The molecule has 0 amide bonds. The summed E-state index contributed by atoms with van der Waals surface area (Å²) in [5, 5.41) is 12.8. The van der Waals surface area contributed by atoms with Crippen molar-refractivity contribution in [3.63, 3.8) is 0 Å². The first-order chi connectivity index (χ1) is 16.1. The fourth-order valence-electron chi connectivity index (χ4n) is 4.18. The Labute approximate surface area is 184 Å². The van der Waals surface area contributed by atoms with Crippen LogP contribution in [0.2, 0.25) is 0 Å². The highest BCUT2D eigenvalue weighted by atomic mass is 19.3. The number of alkyl halides is 2. The van der Waals surface area contributed by atoms with Gasteiger partial charge in [-0.2, -0.15) is 5.10 Å². The van der Waals surface area contributed by atoms with Gasteiger partial charge in [0.05, 0.1) is 23.2 Å². The fraction of sp³-hybridized carbons (Fsp3) is 0.182. The Kier molecular flexibility index (Phi) is 4.42. The number of H-pyrrole nitrogens is 1. The Morgan fingerprint density at radius 2 is 1.94 bits per heavy atom. The molecular formula is C22H16F3N7O. The number of aromatic amines is 1. The summed E-state index contributed by atoms with van der Waals surface area (Å²) in [7, 11) is 0. The van der Waals surface area contributed by atoms with E-state index in [2.05, 4.69) is 25.3 Å². The van der Waals surface area contributed by atoms with Gasteiger partial charge in [0.25, 0.3) is 6.43 Å². The quantitative estimate of drug-likeness (QED) is 0.438. The molecule has 1 aliphatic rings. The van der Waals surface area contributed by atoms with Crippen molar-refractivity contribution in [3.05, 3.63) is 83.5 Å². The molecule has 0 unspecified atom stereocenters. The lowest BCUT2D eigenvalue weighted by Crippen LogP contribution is -2.37. The van der Waals surface area contributed by atoms with Crippen LogP contribution < -0.4 is 4.90 Å². The van der Waals surface area contributed by atoms with E-state index in [9.17, 15) is 13.2 Å². The van der Waals surface area contributed by atoms with E-state index in [0.717, 1.165) is 5.69 Å². The van der Waals surface area contributed by atoms with Gasteiger partial charge in [0.1, 0.15) is 17.6 Å². The Balaban J connectivity index is 1.45. The van der Waals surface area contributed by atoms with Gasteiger partial charge in [-0.3, -0.25) is 0 Å². The number of pyridine rings is 1. The van der Waals surface area contributed by atoms with Crippen molar-refractivity contribution in [1.82, 2.24) is 29.8 Å². The van der Waals surface area contributed by atoms with E-state index in [1.165, 1.54) is 22.7 Å². The number of imidazole rings is 1. The maximum Gasteiger partial charge on any atom is 0.319 e. The third-order valence-electron chi connectivity index (χ3n) is 5.71. The summed E-state index contributed by atoms with van der Waals surface area (Å²) >= 11 is 0. The summed E-state index contributed by atoms with van der Waals surface area (Å²) in [6, 6.07) is 11.9. The molecule has 6 rings (SSSR count). The molecule has 0 radical (unpaired) electrons. The predicted octanol–water partition coefficient (Wildman–Crippen LogP) is 4.34. The van der Waals surface area contributed by atoms with E-state index in [1.54, 1.807) is 36.7 Å². The zero-order valence-electron chi connectivity index (χ0n) is 17.0. The number of hydrogen-bond acceptors (Lipinski definition) is 6. The van der Waals surface area contributed by atoms with Crippen molar-refractivity contribution < 1.29 is 17.6 Å². The Hall–Kier alpha value is -4.15. The minimum atomic E-state index is -2.67. The minimum absolute atomic E-state index is 0.195. The Morgan fingerprint density at radius 3 is 2.76 bits per heavy atom. The Bertz CT molecular complexity index is 1440. The number of hydrogen-bond donors (Lipinski definition) is 1. The van der Waals surface area contributed by atoms with Crippen molar-refractivity contribution >= 4 is 11.5 Å². The number of rotatable bonds is 4. The summed E-state index contributed by atoms with van der Waals surface area (Å²) in [6.07, 6.45) is -0.422. The lowest BCUT2D eigenvalue weighted by Gasteiger charge is -2.32. The van der Waals surface area contributed by atoms with Gasteiger partial charge in [0.15, 0.2) is 0 Å². The fourth-order valence-corrected chi connectivity index (χ4v) is 4.18. The lowest BCUT2D eigenvalue weighted by molar-refractivity contribution is 0.143. The zero-order valence-corrected chi connectivity index (χ0v) is 17.0. The molecule has 11 heteroatoms. The second-order valence-electron chi connectivity index (χ2n) is 7.67. The molecule has 33 heavy (non-hydrogen) atoms. The maximum absolute atomic E-state index is 13.5. The highest BCUT2D eigenvalue weighted by molar-refractivity contribution is 5.55. The molecule has 5 heterocycles. The molecule has 0 saturated heterocycles. The van der Waals surface area contributed by atoms with E-state index < -0.39 is 12.5 Å². The number of anilines is 1. The van der Waals surface area contributed by atoms with Crippen LogP contribution in [-0.2, 0) is 6.42 Å². The molecule has 1 atom stereocenters. The average Bonchev–Trinajstić information content (AvgIpc) is 3.57. The monoisotopic (exact) mass is 451 g/mol. The van der Waals surface area contributed by atoms with Crippen LogP contribution in [0.5, 0.6) is 0 Å². The van der Waals surface area contributed by atoms with Crippen LogP contribution in [0.25, 0.3) is 17.0 Å². The van der Waals surface area contributed by atoms with Crippen molar-refractivity contribution in [2.75, 3.05) is 11.4 Å². The molecule has 0 aliphatic carbocycles. The van der Waals surface area contributed by atoms with Crippen LogP contribution in [0.15, 0.2) is 59.3 Å². The van der Waals surface area contributed by atoms with E-state index >= 15 is 0 Å². The number of fused-ring (bicyclic) bond motifs is 2. The van der Waals surface area contributed by atoms with Crippen molar-refractivity contribution in [2.45, 2.75) is 18.9 Å². The van der Waals surface area contributed by atoms with Gasteiger partial charge in [-0.1, -0.05) is 11.2 Å². The minimum Gasteiger partial charge on any atom is -0.403 e. The molecule has 1 N–H and O–H groups in total. The van der Waals surface area contributed by atoms with Crippen molar-refractivity contribution in [2.24, 2.45) is 0 Å². The van der Waals surface area contributed by atoms with Crippen LogP contribution in [0, 0.1) is 5.82 Å². The summed E-state index contributed by atoms with van der Waals surface area (Å²) in [6.45, 7) is 0.514. The molecule has 0 fully saturated rings. The third kappa shape index (κ3) is 3.23. The van der Waals surface area contributed by atoms with E-state index in [1.807, 2.05) is 4.90 Å². The van der Waals surface area contributed by atoms with Crippen LogP contribution in [0.1, 0.15) is 35.2 Å². The molecule has 1 aliphatic heterocycles. The highest BCUT2D eigenvalue weighted by Crippen LogP contribution is 2.37. The number of nitrogens with one attached hydrogen (secondary N) is 1. The van der Waals surface area contributed by atoms with Gasteiger partial charge in [-0.15, -0.1) is 5.10 Å². The van der Waals surface area contributed by atoms with Crippen LogP contribution in [0.3, 0.4) is 0 Å². The van der Waals surface area contributed by atoms with Crippen LogP contribution in [-0.4, -0.2) is 36.3 Å². The van der Waals surface area contributed by atoms with E-state index in [-0.39, 0.29) is 23.4 Å². The molecule has 0 saturated carbocycles. The molecule has 0 spiro atoms. The molecule has 0 bridgehead atoms. The van der Waals surface area contributed by atoms with Crippen molar-refractivity contribution in [3.8, 4) is 11.5 Å².